The van der Waals surface area contributed by atoms with Crippen LogP contribution in [0, 0.1) is 0 Å². The molecule has 1 aliphatic heterocycles. The van der Waals surface area contributed by atoms with Crippen molar-refractivity contribution in [1.82, 2.24) is 15.5 Å². The minimum absolute atomic E-state index is 0.227. The highest BCUT2D eigenvalue weighted by Crippen LogP contribution is 2.05. The lowest BCUT2D eigenvalue weighted by Crippen LogP contribution is -2.59. The van der Waals surface area contributed by atoms with E-state index < -0.39 is 24.1 Å². The largest absolute Gasteiger partial charge is 0.480 e. The summed E-state index contributed by atoms with van der Waals surface area (Å²) < 4.78 is 0. The second kappa shape index (κ2) is 5.51. The maximum atomic E-state index is 11.8. The van der Waals surface area contributed by atoms with Crippen molar-refractivity contribution in [1.29, 1.82) is 0 Å². The smallest absolute Gasteiger partial charge is 0.326 e. The number of carbonyl (C=O) groups excluding carboxylic acids is 2. The maximum absolute atomic E-state index is 11.8. The third kappa shape index (κ3) is 3.08. The summed E-state index contributed by atoms with van der Waals surface area (Å²) in [5, 5.41) is 13.8. The first-order chi connectivity index (χ1) is 7.97. The van der Waals surface area contributed by atoms with Gasteiger partial charge in [-0.1, -0.05) is 6.92 Å². The van der Waals surface area contributed by atoms with Crippen molar-refractivity contribution in [2.24, 2.45) is 0 Å². The van der Waals surface area contributed by atoms with Crippen LogP contribution >= 0.6 is 0 Å². The van der Waals surface area contributed by atoms with Crippen molar-refractivity contribution >= 4 is 17.9 Å². The van der Waals surface area contributed by atoms with Gasteiger partial charge in [-0.15, -0.1) is 0 Å². The van der Waals surface area contributed by atoms with Gasteiger partial charge in [0.05, 0.1) is 0 Å². The predicted molar refractivity (Wildman–Crippen MR) is 59.4 cm³/mol. The highest BCUT2D eigenvalue weighted by Gasteiger charge is 2.31. The molecule has 1 heterocycles. The van der Waals surface area contributed by atoms with Gasteiger partial charge in [-0.25, -0.2) is 9.59 Å². The molecule has 0 saturated carbocycles. The summed E-state index contributed by atoms with van der Waals surface area (Å²) in [6, 6.07) is -2.00. The van der Waals surface area contributed by atoms with Crippen LogP contribution < -0.4 is 10.6 Å². The van der Waals surface area contributed by atoms with Crippen LogP contribution in [0.2, 0.25) is 0 Å². The molecule has 96 valence electrons. The predicted octanol–water partition coefficient (Wildman–Crippen LogP) is -0.620. The van der Waals surface area contributed by atoms with Crippen molar-refractivity contribution in [3.63, 3.8) is 0 Å². The first-order valence-electron chi connectivity index (χ1n) is 5.55. The molecule has 0 aromatic rings. The number of aliphatic carboxylic acids is 1. The number of nitrogens with one attached hydrogen (secondary N) is 2. The lowest BCUT2D eigenvalue weighted by Gasteiger charge is -2.33. The maximum Gasteiger partial charge on any atom is 0.326 e. The van der Waals surface area contributed by atoms with Gasteiger partial charge in [0.25, 0.3) is 0 Å². The van der Waals surface area contributed by atoms with E-state index in [-0.39, 0.29) is 5.91 Å². The molecule has 1 saturated heterocycles. The minimum atomic E-state index is -1.07. The summed E-state index contributed by atoms with van der Waals surface area (Å²) in [5.41, 5.74) is 0. The van der Waals surface area contributed by atoms with Gasteiger partial charge < -0.3 is 20.6 Å². The molecule has 0 aromatic carbocycles. The molecular weight excluding hydrogens is 226 g/mol. The fraction of sp³-hybridized carbons (Fsp3) is 0.700. The molecule has 3 amide bonds. The first kappa shape index (κ1) is 13.3. The summed E-state index contributed by atoms with van der Waals surface area (Å²) in [5.74, 6) is -1.30. The van der Waals surface area contributed by atoms with Crippen molar-refractivity contribution in [3.8, 4) is 0 Å². The van der Waals surface area contributed by atoms with Gasteiger partial charge in [0.15, 0.2) is 0 Å². The number of piperazine rings is 1. The van der Waals surface area contributed by atoms with Gasteiger partial charge in [0.1, 0.15) is 12.1 Å². The van der Waals surface area contributed by atoms with Crippen LogP contribution in [-0.4, -0.2) is 53.1 Å². The Morgan fingerprint density at radius 1 is 1.65 bits per heavy atom. The highest BCUT2D eigenvalue weighted by atomic mass is 16.4. The monoisotopic (exact) mass is 243 g/mol. The normalized spacial score (nSPS) is 21.6. The zero-order valence-corrected chi connectivity index (χ0v) is 9.90. The number of carboxylic acids is 1. The summed E-state index contributed by atoms with van der Waals surface area (Å²) >= 11 is 0. The summed E-state index contributed by atoms with van der Waals surface area (Å²) in [6.45, 7) is 4.05. The third-order valence-corrected chi connectivity index (χ3v) is 2.76. The zero-order valence-electron chi connectivity index (χ0n) is 9.90. The third-order valence-electron chi connectivity index (χ3n) is 2.76. The Bertz CT molecular complexity index is 332. The molecule has 2 atom stereocenters. The van der Waals surface area contributed by atoms with E-state index in [1.54, 1.807) is 13.8 Å². The molecule has 2 unspecified atom stereocenters. The standard InChI is InChI=1S/C10H17N3O4/c1-3-7(9(15)16)12-10(17)13-5-4-11-8(14)6(13)2/h6-7H,3-5H2,1-2H3,(H,11,14)(H,12,17)(H,15,16). The van der Waals surface area contributed by atoms with Crippen molar-refractivity contribution in [2.75, 3.05) is 13.1 Å². The topological polar surface area (TPSA) is 98.7 Å². The second-order valence-electron chi connectivity index (χ2n) is 3.91. The number of carbonyl (C=O) groups is 3. The van der Waals surface area contributed by atoms with Crippen LogP contribution in [0.3, 0.4) is 0 Å². The van der Waals surface area contributed by atoms with Crippen LogP contribution in [0.1, 0.15) is 20.3 Å². The molecule has 1 rings (SSSR count). The van der Waals surface area contributed by atoms with Crippen molar-refractivity contribution < 1.29 is 19.5 Å². The SMILES string of the molecule is CCC(NC(=O)N1CCNC(=O)C1C)C(=O)O. The number of amides is 3. The average molecular weight is 243 g/mol. The van der Waals surface area contributed by atoms with Crippen LogP contribution in [0.4, 0.5) is 4.79 Å². The van der Waals surface area contributed by atoms with Crippen molar-refractivity contribution in [3.05, 3.63) is 0 Å². The molecular formula is C10H17N3O4. The molecule has 0 spiro atoms. The van der Waals surface area contributed by atoms with E-state index in [0.717, 1.165) is 0 Å². The van der Waals surface area contributed by atoms with Gasteiger partial charge in [0, 0.05) is 13.1 Å². The van der Waals surface area contributed by atoms with Gasteiger partial charge in [-0.2, -0.15) is 0 Å². The molecule has 7 nitrogen and oxygen atoms in total. The highest BCUT2D eigenvalue weighted by molar-refractivity contribution is 5.89. The second-order valence-corrected chi connectivity index (χ2v) is 3.91. The zero-order chi connectivity index (χ0) is 13.0. The van der Waals surface area contributed by atoms with Crippen LogP contribution in [-0.2, 0) is 9.59 Å². The van der Waals surface area contributed by atoms with Gasteiger partial charge in [0.2, 0.25) is 5.91 Å². The van der Waals surface area contributed by atoms with Crippen molar-refractivity contribution in [2.45, 2.75) is 32.4 Å². The lowest BCUT2D eigenvalue weighted by atomic mass is 10.2. The Hall–Kier alpha value is -1.79. The Morgan fingerprint density at radius 2 is 2.29 bits per heavy atom. The Balaban J connectivity index is 2.63. The Morgan fingerprint density at radius 3 is 2.82 bits per heavy atom. The van der Waals surface area contributed by atoms with Gasteiger partial charge in [-0.3, -0.25) is 4.79 Å². The summed E-state index contributed by atoms with van der Waals surface area (Å²) in [6.07, 6.45) is 0.301. The van der Waals surface area contributed by atoms with E-state index in [4.69, 9.17) is 5.11 Å². The number of rotatable bonds is 3. The van der Waals surface area contributed by atoms with Crippen LogP contribution in [0.15, 0.2) is 0 Å². The first-order valence-corrected chi connectivity index (χ1v) is 5.55. The van der Waals surface area contributed by atoms with E-state index in [1.807, 2.05) is 0 Å². The number of carboxylic acid groups (broad SMARTS) is 1. The molecule has 1 fully saturated rings. The summed E-state index contributed by atoms with van der Waals surface area (Å²) in [4.78, 5) is 35.3. The molecule has 0 aliphatic carbocycles. The number of hydrogen-bond donors (Lipinski definition) is 3. The van der Waals surface area contributed by atoms with E-state index in [0.29, 0.717) is 19.5 Å². The number of urea groups is 1. The van der Waals surface area contributed by atoms with E-state index in [2.05, 4.69) is 10.6 Å². The summed E-state index contributed by atoms with van der Waals surface area (Å²) in [7, 11) is 0. The molecule has 7 heteroatoms. The van der Waals surface area contributed by atoms with E-state index >= 15 is 0 Å². The number of hydrogen-bond acceptors (Lipinski definition) is 3. The molecule has 3 N–H and O–H groups in total. The molecule has 17 heavy (non-hydrogen) atoms. The van der Waals surface area contributed by atoms with E-state index in [9.17, 15) is 14.4 Å². The van der Waals surface area contributed by atoms with E-state index in [1.165, 1.54) is 4.90 Å². The molecule has 0 bridgehead atoms. The number of nitrogens with zero attached hydrogens (tertiary/aromatic N) is 1. The van der Waals surface area contributed by atoms with Gasteiger partial charge >= 0.3 is 12.0 Å². The Kier molecular flexibility index (Phi) is 4.30. The quantitative estimate of drug-likeness (QED) is 0.615. The molecule has 0 aromatic heterocycles. The lowest BCUT2D eigenvalue weighted by molar-refractivity contribution is -0.139. The van der Waals surface area contributed by atoms with Crippen LogP contribution in [0.5, 0.6) is 0 Å². The minimum Gasteiger partial charge on any atom is -0.480 e. The average Bonchev–Trinajstić information content (AvgIpc) is 2.28. The fourth-order valence-electron chi connectivity index (χ4n) is 1.63. The fourth-order valence-corrected chi connectivity index (χ4v) is 1.63. The van der Waals surface area contributed by atoms with Gasteiger partial charge in [-0.05, 0) is 13.3 Å². The van der Waals surface area contributed by atoms with Crippen LogP contribution in [0.25, 0.3) is 0 Å². The molecule has 1 aliphatic rings. The Labute approximate surface area is 99.2 Å². The molecule has 0 radical (unpaired) electrons.